The molecule has 1 N–H and O–H groups in total. The number of hydrogen-bond acceptors (Lipinski definition) is 4. The van der Waals surface area contributed by atoms with E-state index in [2.05, 4.69) is 10.4 Å². The number of carbonyl (C=O) groups excluding carboxylic acids is 2. The van der Waals surface area contributed by atoms with E-state index in [0.29, 0.717) is 11.3 Å². The minimum absolute atomic E-state index is 0.318. The molecule has 0 saturated heterocycles. The molecule has 1 aromatic heterocycles. The first-order valence-electron chi connectivity index (χ1n) is 10.2. The molecule has 0 aliphatic heterocycles. The van der Waals surface area contributed by atoms with Crippen LogP contribution in [0, 0.1) is 11.7 Å². The third-order valence-corrected chi connectivity index (χ3v) is 4.98. The van der Waals surface area contributed by atoms with Crippen LogP contribution in [0.25, 0.3) is 16.6 Å². The average Bonchev–Trinajstić information content (AvgIpc) is 3.21. The number of aromatic nitrogens is 2. The Balaban J connectivity index is 1.63. The van der Waals surface area contributed by atoms with Crippen LogP contribution >= 0.6 is 0 Å². The van der Waals surface area contributed by atoms with E-state index in [-0.39, 0.29) is 17.6 Å². The standard InChI is InChI=1S/C25H22FN3O3/c1-16(2)24(30)28-25(31)23(17-6-4-3-5-7-17)32-21-12-13-22-18(14-21)15-27-29(22)20-10-8-19(26)9-11-20/h3-16,23H,1-2H3,(H,28,30,31). The molecule has 1 atom stereocenters. The SMILES string of the molecule is CC(C)C(=O)NC(=O)C(Oc1ccc2c(cnn2-c2ccc(F)cc2)c1)c1ccccc1. The van der Waals surface area contributed by atoms with Crippen LogP contribution in [0.2, 0.25) is 0 Å². The summed E-state index contributed by atoms with van der Waals surface area (Å²) in [4.78, 5) is 24.9. The maximum Gasteiger partial charge on any atom is 0.272 e. The number of fused-ring (bicyclic) bond motifs is 1. The molecular formula is C25H22FN3O3. The van der Waals surface area contributed by atoms with E-state index >= 15 is 0 Å². The van der Waals surface area contributed by atoms with Gasteiger partial charge in [0, 0.05) is 16.9 Å². The second-order valence-corrected chi connectivity index (χ2v) is 7.67. The Kier molecular flexibility index (Phi) is 5.98. The van der Waals surface area contributed by atoms with E-state index in [0.717, 1.165) is 16.6 Å². The lowest BCUT2D eigenvalue weighted by atomic mass is 10.1. The van der Waals surface area contributed by atoms with E-state index in [4.69, 9.17) is 4.74 Å². The fourth-order valence-corrected chi connectivity index (χ4v) is 3.24. The van der Waals surface area contributed by atoms with Crippen LogP contribution in [0.3, 0.4) is 0 Å². The van der Waals surface area contributed by atoms with Crippen molar-refractivity contribution in [2.24, 2.45) is 5.92 Å². The van der Waals surface area contributed by atoms with Gasteiger partial charge in [-0.25, -0.2) is 9.07 Å². The molecule has 0 fully saturated rings. The van der Waals surface area contributed by atoms with E-state index in [9.17, 15) is 14.0 Å². The summed E-state index contributed by atoms with van der Waals surface area (Å²) >= 11 is 0. The van der Waals surface area contributed by atoms with Crippen LogP contribution in [0.4, 0.5) is 4.39 Å². The van der Waals surface area contributed by atoms with E-state index < -0.39 is 12.0 Å². The molecule has 4 rings (SSSR count). The number of carbonyl (C=O) groups is 2. The van der Waals surface area contributed by atoms with Gasteiger partial charge >= 0.3 is 0 Å². The lowest BCUT2D eigenvalue weighted by molar-refractivity contribution is -0.136. The Hall–Kier alpha value is -4.00. The van der Waals surface area contributed by atoms with Crippen LogP contribution in [0.15, 0.2) is 79.0 Å². The number of amides is 2. The van der Waals surface area contributed by atoms with E-state index in [1.807, 2.05) is 12.1 Å². The Morgan fingerprint density at radius 3 is 2.38 bits per heavy atom. The van der Waals surface area contributed by atoms with Crippen LogP contribution in [0.1, 0.15) is 25.5 Å². The van der Waals surface area contributed by atoms with Crippen molar-refractivity contribution in [3.63, 3.8) is 0 Å². The van der Waals surface area contributed by atoms with Crippen molar-refractivity contribution < 1.29 is 18.7 Å². The fraction of sp³-hybridized carbons (Fsp3) is 0.160. The van der Waals surface area contributed by atoms with Crippen LogP contribution in [-0.4, -0.2) is 21.6 Å². The Labute approximate surface area is 184 Å². The quantitative estimate of drug-likeness (QED) is 0.485. The third kappa shape index (κ3) is 4.51. The van der Waals surface area contributed by atoms with Gasteiger partial charge in [-0.3, -0.25) is 14.9 Å². The number of benzene rings is 3. The predicted molar refractivity (Wildman–Crippen MR) is 119 cm³/mol. The highest BCUT2D eigenvalue weighted by Crippen LogP contribution is 2.27. The van der Waals surface area contributed by atoms with Crippen molar-refractivity contribution in [2.75, 3.05) is 0 Å². The topological polar surface area (TPSA) is 73.2 Å². The van der Waals surface area contributed by atoms with Gasteiger partial charge < -0.3 is 4.74 Å². The molecule has 0 aliphatic rings. The molecule has 2 amide bonds. The molecule has 0 saturated carbocycles. The second-order valence-electron chi connectivity index (χ2n) is 7.67. The molecule has 0 bridgehead atoms. The van der Waals surface area contributed by atoms with Crippen molar-refractivity contribution in [3.05, 3.63) is 90.4 Å². The third-order valence-electron chi connectivity index (χ3n) is 4.98. The monoisotopic (exact) mass is 431 g/mol. The van der Waals surface area contributed by atoms with Gasteiger partial charge in [0.25, 0.3) is 5.91 Å². The highest BCUT2D eigenvalue weighted by atomic mass is 19.1. The van der Waals surface area contributed by atoms with E-state index in [1.165, 1.54) is 12.1 Å². The molecule has 162 valence electrons. The highest BCUT2D eigenvalue weighted by Gasteiger charge is 2.25. The zero-order valence-corrected chi connectivity index (χ0v) is 17.7. The Bertz CT molecular complexity index is 1250. The van der Waals surface area contributed by atoms with Crippen molar-refractivity contribution in [2.45, 2.75) is 20.0 Å². The first kappa shape index (κ1) is 21.2. The van der Waals surface area contributed by atoms with Gasteiger partial charge in [0.15, 0.2) is 0 Å². The number of nitrogens with zero attached hydrogens (tertiary/aromatic N) is 2. The summed E-state index contributed by atoms with van der Waals surface area (Å²) in [6.07, 6.45) is 0.675. The number of halogens is 1. The molecular weight excluding hydrogens is 409 g/mol. The molecule has 1 unspecified atom stereocenters. The summed E-state index contributed by atoms with van der Waals surface area (Å²) in [6.45, 7) is 3.43. The zero-order chi connectivity index (χ0) is 22.7. The highest BCUT2D eigenvalue weighted by molar-refractivity contribution is 5.98. The molecule has 7 heteroatoms. The summed E-state index contributed by atoms with van der Waals surface area (Å²) in [7, 11) is 0. The van der Waals surface area contributed by atoms with Gasteiger partial charge in [0.05, 0.1) is 17.4 Å². The van der Waals surface area contributed by atoms with Crippen molar-refractivity contribution in [1.29, 1.82) is 0 Å². The number of hydrogen-bond donors (Lipinski definition) is 1. The smallest absolute Gasteiger partial charge is 0.272 e. The largest absolute Gasteiger partial charge is 0.476 e. The normalized spacial score (nSPS) is 12.0. The van der Waals surface area contributed by atoms with E-state index in [1.54, 1.807) is 73.3 Å². The summed E-state index contributed by atoms with van der Waals surface area (Å²) < 4.78 is 21.0. The van der Waals surface area contributed by atoms with Crippen molar-refractivity contribution >= 4 is 22.7 Å². The Morgan fingerprint density at radius 2 is 1.69 bits per heavy atom. The molecule has 4 aromatic rings. The van der Waals surface area contributed by atoms with Crippen LogP contribution in [0.5, 0.6) is 5.75 Å². The van der Waals surface area contributed by atoms with Crippen LogP contribution < -0.4 is 10.1 Å². The number of ether oxygens (including phenoxy) is 1. The molecule has 3 aromatic carbocycles. The average molecular weight is 431 g/mol. The van der Waals surface area contributed by atoms with Gasteiger partial charge in [-0.05, 0) is 42.5 Å². The predicted octanol–water partition coefficient (Wildman–Crippen LogP) is 4.58. The first-order chi connectivity index (χ1) is 15.4. The minimum atomic E-state index is -0.997. The van der Waals surface area contributed by atoms with Gasteiger partial charge in [0.2, 0.25) is 12.0 Å². The fourth-order valence-electron chi connectivity index (χ4n) is 3.24. The van der Waals surface area contributed by atoms with Crippen LogP contribution in [-0.2, 0) is 9.59 Å². The molecule has 0 radical (unpaired) electrons. The lowest BCUT2D eigenvalue weighted by Gasteiger charge is -2.19. The maximum absolute atomic E-state index is 13.2. The number of rotatable bonds is 6. The Morgan fingerprint density at radius 1 is 0.969 bits per heavy atom. The summed E-state index contributed by atoms with van der Waals surface area (Å²) in [5.41, 5.74) is 2.16. The zero-order valence-electron chi connectivity index (χ0n) is 17.7. The van der Waals surface area contributed by atoms with Gasteiger partial charge in [-0.2, -0.15) is 5.10 Å². The summed E-state index contributed by atoms with van der Waals surface area (Å²) in [5, 5.41) is 7.59. The molecule has 0 aliphatic carbocycles. The molecule has 1 heterocycles. The van der Waals surface area contributed by atoms with Crippen molar-refractivity contribution in [1.82, 2.24) is 15.1 Å². The van der Waals surface area contributed by atoms with Gasteiger partial charge in [-0.1, -0.05) is 44.2 Å². The maximum atomic E-state index is 13.2. The minimum Gasteiger partial charge on any atom is -0.476 e. The van der Waals surface area contributed by atoms with Gasteiger partial charge in [0.1, 0.15) is 11.6 Å². The number of nitrogens with one attached hydrogen (secondary N) is 1. The summed E-state index contributed by atoms with van der Waals surface area (Å²) in [5.74, 6) is -1.09. The molecule has 6 nitrogen and oxygen atoms in total. The second kappa shape index (κ2) is 9.01. The molecule has 32 heavy (non-hydrogen) atoms. The van der Waals surface area contributed by atoms with Crippen molar-refractivity contribution in [3.8, 4) is 11.4 Å². The molecule has 0 spiro atoms. The summed E-state index contributed by atoms with van der Waals surface area (Å²) in [6, 6.07) is 20.4. The number of imide groups is 1. The first-order valence-corrected chi connectivity index (χ1v) is 10.2. The van der Waals surface area contributed by atoms with Gasteiger partial charge in [-0.15, -0.1) is 0 Å². The lowest BCUT2D eigenvalue weighted by Crippen LogP contribution is -2.39.